The van der Waals surface area contributed by atoms with Gasteiger partial charge in [0.2, 0.25) is 0 Å². The summed E-state index contributed by atoms with van der Waals surface area (Å²) >= 11 is 0. The third-order valence-corrected chi connectivity index (χ3v) is 1.19. The molecule has 0 radical (unpaired) electrons. The lowest BCUT2D eigenvalue weighted by Gasteiger charge is -1.92. The van der Waals surface area contributed by atoms with Gasteiger partial charge in [-0.05, 0) is 24.1 Å². The lowest BCUT2D eigenvalue weighted by Crippen LogP contribution is -1.84. The Morgan fingerprint density at radius 1 is 1.33 bits per heavy atom. The minimum Gasteiger partial charge on any atom is -0.289 e. The summed E-state index contributed by atoms with van der Waals surface area (Å²) in [4.78, 5) is 9.78. The van der Waals surface area contributed by atoms with Crippen LogP contribution in [0.15, 0.2) is 18.2 Å². The molecule has 0 saturated carbocycles. The van der Waals surface area contributed by atoms with Gasteiger partial charge in [0.1, 0.15) is 11.6 Å². The van der Waals surface area contributed by atoms with Crippen LogP contribution < -0.4 is 0 Å². The number of hydrogen-bond acceptors (Lipinski definition) is 1. The van der Waals surface area contributed by atoms with E-state index in [1.807, 2.05) is 5.92 Å². The maximum absolute atomic E-state index is 12.7. The van der Waals surface area contributed by atoms with E-state index in [2.05, 4.69) is 5.92 Å². The molecule has 3 heteroatoms. The fourth-order valence-electron chi connectivity index (χ4n) is 0.701. The van der Waals surface area contributed by atoms with Gasteiger partial charge in [-0.15, -0.1) is 0 Å². The minimum atomic E-state index is -0.634. The Labute approximate surface area is 68.0 Å². The van der Waals surface area contributed by atoms with E-state index in [0.717, 1.165) is 18.2 Å². The fourth-order valence-corrected chi connectivity index (χ4v) is 0.701. The van der Waals surface area contributed by atoms with Gasteiger partial charge in [0, 0.05) is 0 Å². The molecule has 0 spiro atoms. The summed E-state index contributed by atoms with van der Waals surface area (Å²) in [5.74, 6) is 2.95. The molecule has 1 nitrogen and oxygen atoms in total. The van der Waals surface area contributed by atoms with Crippen LogP contribution in [-0.4, -0.2) is 6.29 Å². The van der Waals surface area contributed by atoms with Crippen LogP contribution in [0.5, 0.6) is 0 Å². The van der Waals surface area contributed by atoms with Crippen molar-refractivity contribution < 1.29 is 13.6 Å². The van der Waals surface area contributed by atoms with E-state index in [0.29, 0.717) is 6.29 Å². The molecule has 0 unspecified atom stereocenters. The van der Waals surface area contributed by atoms with E-state index in [1.165, 1.54) is 0 Å². The average molecular weight is 166 g/mol. The molecular formula is C9H4F2O. The highest BCUT2D eigenvalue weighted by Gasteiger charge is 1.99. The molecule has 0 N–H and O–H groups in total. The van der Waals surface area contributed by atoms with Gasteiger partial charge in [0.25, 0.3) is 0 Å². The number of aldehydes is 1. The lowest BCUT2D eigenvalue weighted by molar-refractivity contribution is -0.103. The number of rotatable bonds is 0. The standard InChI is InChI=1S/C9H4F2O/c10-8-3-4-9(11)7(6-8)2-1-5-12/h3-6H. The van der Waals surface area contributed by atoms with Gasteiger partial charge >= 0.3 is 0 Å². The molecule has 1 aromatic carbocycles. The smallest absolute Gasteiger partial charge is 0.193 e. The van der Waals surface area contributed by atoms with Crippen molar-refractivity contribution in [3.05, 3.63) is 35.4 Å². The molecule has 1 aromatic rings. The van der Waals surface area contributed by atoms with E-state index < -0.39 is 11.6 Å². The van der Waals surface area contributed by atoms with Crippen LogP contribution in [-0.2, 0) is 4.79 Å². The van der Waals surface area contributed by atoms with E-state index in [4.69, 9.17) is 0 Å². The second kappa shape index (κ2) is 3.63. The number of benzene rings is 1. The quantitative estimate of drug-likeness (QED) is 0.421. The second-order valence-corrected chi connectivity index (χ2v) is 2.01. The summed E-state index contributed by atoms with van der Waals surface area (Å²) in [5.41, 5.74) is -0.109. The van der Waals surface area contributed by atoms with Crippen molar-refractivity contribution in [1.29, 1.82) is 0 Å². The highest BCUT2D eigenvalue weighted by molar-refractivity contribution is 5.73. The summed E-state index contributed by atoms with van der Waals surface area (Å²) in [6, 6.07) is 2.89. The molecule has 0 aromatic heterocycles. The van der Waals surface area contributed by atoms with Gasteiger partial charge in [-0.1, -0.05) is 5.92 Å². The maximum Gasteiger partial charge on any atom is 0.193 e. The third-order valence-electron chi connectivity index (χ3n) is 1.19. The zero-order valence-electron chi connectivity index (χ0n) is 5.97. The predicted octanol–water partition coefficient (Wildman–Crippen LogP) is 1.52. The zero-order valence-corrected chi connectivity index (χ0v) is 5.97. The van der Waals surface area contributed by atoms with Gasteiger partial charge in [-0.2, -0.15) is 0 Å². The van der Waals surface area contributed by atoms with Crippen LogP contribution in [0, 0.1) is 23.5 Å². The summed E-state index contributed by atoms with van der Waals surface area (Å²) in [5, 5.41) is 0. The highest BCUT2D eigenvalue weighted by Crippen LogP contribution is 2.07. The number of hydrogen-bond donors (Lipinski definition) is 0. The highest BCUT2D eigenvalue weighted by atomic mass is 19.1. The Bertz CT molecular complexity index is 361. The van der Waals surface area contributed by atoms with E-state index >= 15 is 0 Å². The predicted molar refractivity (Wildman–Crippen MR) is 39.3 cm³/mol. The summed E-state index contributed by atoms with van der Waals surface area (Å²) in [6.45, 7) is 0. The van der Waals surface area contributed by atoms with Crippen molar-refractivity contribution in [2.45, 2.75) is 0 Å². The maximum atomic E-state index is 12.7. The molecule has 0 aliphatic heterocycles. The van der Waals surface area contributed by atoms with E-state index in [9.17, 15) is 13.6 Å². The number of carbonyl (C=O) groups excluding carboxylic acids is 1. The fraction of sp³-hybridized carbons (Fsp3) is 0. The first-order chi connectivity index (χ1) is 5.74. The first-order valence-electron chi connectivity index (χ1n) is 3.14. The van der Waals surface area contributed by atoms with Gasteiger partial charge < -0.3 is 0 Å². The lowest BCUT2D eigenvalue weighted by atomic mass is 10.2. The molecule has 0 saturated heterocycles. The molecule has 0 heterocycles. The molecule has 0 atom stereocenters. The van der Waals surface area contributed by atoms with Crippen molar-refractivity contribution in [3.8, 4) is 11.8 Å². The van der Waals surface area contributed by atoms with Gasteiger partial charge in [0.15, 0.2) is 6.29 Å². The van der Waals surface area contributed by atoms with Gasteiger partial charge in [0.05, 0.1) is 5.56 Å². The summed E-state index contributed by atoms with van der Waals surface area (Å²) in [6.07, 6.45) is 0.324. The second-order valence-electron chi connectivity index (χ2n) is 2.01. The molecule has 0 bridgehead atoms. The van der Waals surface area contributed by atoms with Crippen molar-refractivity contribution >= 4 is 6.29 Å². The Kier molecular flexibility index (Phi) is 2.54. The number of halogens is 2. The normalized spacial score (nSPS) is 8.50. The van der Waals surface area contributed by atoms with E-state index in [-0.39, 0.29) is 5.56 Å². The van der Waals surface area contributed by atoms with E-state index in [1.54, 1.807) is 0 Å². The van der Waals surface area contributed by atoms with Crippen molar-refractivity contribution in [1.82, 2.24) is 0 Å². The zero-order chi connectivity index (χ0) is 8.97. The van der Waals surface area contributed by atoms with Crippen LogP contribution in [0.4, 0.5) is 8.78 Å². The molecule has 1 rings (SSSR count). The van der Waals surface area contributed by atoms with Crippen molar-refractivity contribution in [3.63, 3.8) is 0 Å². The molecule has 0 fully saturated rings. The molecular weight excluding hydrogens is 162 g/mol. The van der Waals surface area contributed by atoms with Crippen LogP contribution in [0.1, 0.15) is 5.56 Å². The molecule has 0 amide bonds. The van der Waals surface area contributed by atoms with Gasteiger partial charge in [-0.3, -0.25) is 4.79 Å². The monoisotopic (exact) mass is 166 g/mol. The van der Waals surface area contributed by atoms with Crippen LogP contribution in [0.25, 0.3) is 0 Å². The Hall–Kier alpha value is -1.69. The minimum absolute atomic E-state index is 0.109. The summed E-state index contributed by atoms with van der Waals surface area (Å²) in [7, 11) is 0. The van der Waals surface area contributed by atoms with Crippen molar-refractivity contribution in [2.24, 2.45) is 0 Å². The number of carbonyl (C=O) groups is 1. The average Bonchev–Trinajstić information content (AvgIpc) is 2.07. The summed E-state index contributed by atoms with van der Waals surface area (Å²) < 4.78 is 25.2. The van der Waals surface area contributed by atoms with Crippen molar-refractivity contribution in [2.75, 3.05) is 0 Å². The Morgan fingerprint density at radius 2 is 2.08 bits per heavy atom. The Balaban J connectivity index is 3.13. The molecule has 0 aliphatic rings. The Morgan fingerprint density at radius 3 is 2.75 bits per heavy atom. The third kappa shape index (κ3) is 1.89. The van der Waals surface area contributed by atoms with Crippen LogP contribution in [0.3, 0.4) is 0 Å². The van der Waals surface area contributed by atoms with Crippen LogP contribution in [0.2, 0.25) is 0 Å². The van der Waals surface area contributed by atoms with Gasteiger partial charge in [-0.25, -0.2) is 8.78 Å². The molecule has 12 heavy (non-hydrogen) atoms. The van der Waals surface area contributed by atoms with Crippen LogP contribution >= 0.6 is 0 Å². The molecule has 0 aliphatic carbocycles. The molecule has 60 valence electrons. The largest absolute Gasteiger partial charge is 0.289 e. The topological polar surface area (TPSA) is 17.1 Å². The SMILES string of the molecule is O=CC#Cc1cc(F)ccc1F. The first kappa shape index (κ1) is 8.41. The first-order valence-corrected chi connectivity index (χ1v) is 3.14.